The van der Waals surface area contributed by atoms with Gasteiger partial charge in [0.2, 0.25) is 0 Å². The van der Waals surface area contributed by atoms with Gasteiger partial charge < -0.3 is 4.74 Å². The van der Waals surface area contributed by atoms with Gasteiger partial charge in [-0.1, -0.05) is 5.11 Å². The molecule has 1 aromatic rings. The van der Waals surface area contributed by atoms with Gasteiger partial charge in [-0.2, -0.15) is 0 Å². The SMILES string of the molecule is [N-]=[N+]=NCC1Cc2cc(F)ccc2O1. The van der Waals surface area contributed by atoms with Crippen molar-refractivity contribution in [3.05, 3.63) is 40.0 Å². The number of ether oxygens (including phenoxy) is 1. The lowest BCUT2D eigenvalue weighted by Gasteiger charge is -2.05. The van der Waals surface area contributed by atoms with E-state index < -0.39 is 0 Å². The molecule has 1 heterocycles. The molecule has 1 aliphatic heterocycles. The van der Waals surface area contributed by atoms with Crippen LogP contribution >= 0.6 is 0 Å². The number of azide groups is 1. The van der Waals surface area contributed by atoms with E-state index in [-0.39, 0.29) is 18.5 Å². The molecule has 0 saturated heterocycles. The second-order valence-corrected chi connectivity index (χ2v) is 3.11. The molecule has 2 rings (SSSR count). The summed E-state index contributed by atoms with van der Waals surface area (Å²) in [5, 5.41) is 3.42. The molecule has 0 aromatic heterocycles. The largest absolute Gasteiger partial charge is 0.490 e. The summed E-state index contributed by atoms with van der Waals surface area (Å²) in [5.41, 5.74) is 8.97. The van der Waals surface area contributed by atoms with Gasteiger partial charge in [-0.05, 0) is 23.7 Å². The first kappa shape index (κ1) is 8.84. The van der Waals surface area contributed by atoms with Crippen molar-refractivity contribution in [3.8, 4) is 5.75 Å². The minimum absolute atomic E-state index is 0.150. The van der Waals surface area contributed by atoms with E-state index in [9.17, 15) is 4.39 Å². The Morgan fingerprint density at radius 3 is 3.29 bits per heavy atom. The van der Waals surface area contributed by atoms with Crippen molar-refractivity contribution in [1.82, 2.24) is 0 Å². The van der Waals surface area contributed by atoms with E-state index in [0.717, 1.165) is 5.56 Å². The summed E-state index contributed by atoms with van der Waals surface area (Å²) in [7, 11) is 0. The van der Waals surface area contributed by atoms with E-state index in [1.807, 2.05) is 0 Å². The number of hydrogen-bond donors (Lipinski definition) is 0. The van der Waals surface area contributed by atoms with Crippen molar-refractivity contribution in [3.63, 3.8) is 0 Å². The Morgan fingerprint density at radius 2 is 2.50 bits per heavy atom. The van der Waals surface area contributed by atoms with Gasteiger partial charge in [0, 0.05) is 16.9 Å². The van der Waals surface area contributed by atoms with Gasteiger partial charge in [-0.25, -0.2) is 4.39 Å². The van der Waals surface area contributed by atoms with E-state index in [0.29, 0.717) is 12.2 Å². The van der Waals surface area contributed by atoms with Gasteiger partial charge in [-0.15, -0.1) is 0 Å². The molecule has 1 unspecified atom stereocenters. The molecule has 72 valence electrons. The smallest absolute Gasteiger partial charge is 0.123 e. The van der Waals surface area contributed by atoms with E-state index in [1.54, 1.807) is 6.07 Å². The third kappa shape index (κ3) is 1.63. The lowest BCUT2D eigenvalue weighted by molar-refractivity contribution is 0.241. The monoisotopic (exact) mass is 193 g/mol. The van der Waals surface area contributed by atoms with E-state index in [2.05, 4.69) is 10.0 Å². The molecule has 4 nitrogen and oxygen atoms in total. The van der Waals surface area contributed by atoms with Crippen LogP contribution in [0.5, 0.6) is 5.75 Å². The molecule has 0 spiro atoms. The quantitative estimate of drug-likeness (QED) is 0.404. The van der Waals surface area contributed by atoms with Crippen LogP contribution in [0.4, 0.5) is 4.39 Å². The number of fused-ring (bicyclic) bond motifs is 1. The fourth-order valence-electron chi connectivity index (χ4n) is 1.52. The maximum Gasteiger partial charge on any atom is 0.123 e. The highest BCUT2D eigenvalue weighted by atomic mass is 19.1. The normalized spacial score (nSPS) is 18.2. The van der Waals surface area contributed by atoms with Gasteiger partial charge in [0.05, 0.1) is 6.54 Å². The van der Waals surface area contributed by atoms with Crippen molar-refractivity contribution in [1.29, 1.82) is 0 Å². The Bertz CT molecular complexity index is 401. The summed E-state index contributed by atoms with van der Waals surface area (Å²) < 4.78 is 18.2. The van der Waals surface area contributed by atoms with Crippen molar-refractivity contribution in [2.75, 3.05) is 6.54 Å². The van der Waals surface area contributed by atoms with Gasteiger partial charge in [0.25, 0.3) is 0 Å². The Morgan fingerprint density at radius 1 is 1.64 bits per heavy atom. The molecule has 5 heteroatoms. The number of rotatable bonds is 2. The minimum Gasteiger partial charge on any atom is -0.490 e. The van der Waals surface area contributed by atoms with Crippen LogP contribution in [0.3, 0.4) is 0 Å². The topological polar surface area (TPSA) is 58.0 Å². The van der Waals surface area contributed by atoms with Crippen LogP contribution in [0, 0.1) is 5.82 Å². The van der Waals surface area contributed by atoms with E-state index in [1.165, 1.54) is 12.1 Å². The summed E-state index contributed by atoms with van der Waals surface area (Å²) >= 11 is 0. The predicted molar refractivity (Wildman–Crippen MR) is 48.5 cm³/mol. The average Bonchev–Trinajstić information content (AvgIpc) is 2.56. The highest BCUT2D eigenvalue weighted by molar-refractivity contribution is 5.37. The van der Waals surface area contributed by atoms with Crippen LogP contribution in [-0.2, 0) is 6.42 Å². The molecular formula is C9H8FN3O. The number of nitrogens with zero attached hydrogens (tertiary/aromatic N) is 3. The molecular weight excluding hydrogens is 185 g/mol. The van der Waals surface area contributed by atoms with Crippen LogP contribution in [0.15, 0.2) is 23.3 Å². The van der Waals surface area contributed by atoms with Crippen LogP contribution < -0.4 is 4.74 Å². The molecule has 0 aliphatic carbocycles. The maximum absolute atomic E-state index is 12.8. The molecule has 0 radical (unpaired) electrons. The number of hydrogen-bond acceptors (Lipinski definition) is 2. The first-order valence-electron chi connectivity index (χ1n) is 4.25. The fraction of sp³-hybridized carbons (Fsp3) is 0.333. The molecule has 0 bridgehead atoms. The minimum atomic E-state index is -0.267. The fourth-order valence-corrected chi connectivity index (χ4v) is 1.52. The van der Waals surface area contributed by atoms with Crippen molar-refractivity contribution >= 4 is 0 Å². The lowest BCUT2D eigenvalue weighted by Crippen LogP contribution is -2.16. The third-order valence-electron chi connectivity index (χ3n) is 2.11. The second-order valence-electron chi connectivity index (χ2n) is 3.11. The Balaban J connectivity index is 2.13. The zero-order valence-electron chi connectivity index (χ0n) is 7.35. The van der Waals surface area contributed by atoms with Crippen molar-refractivity contribution in [2.24, 2.45) is 5.11 Å². The van der Waals surface area contributed by atoms with Gasteiger partial charge >= 0.3 is 0 Å². The first-order valence-corrected chi connectivity index (χ1v) is 4.25. The number of benzene rings is 1. The van der Waals surface area contributed by atoms with Crippen LogP contribution in [0.1, 0.15) is 5.56 Å². The molecule has 1 aromatic carbocycles. The first-order chi connectivity index (χ1) is 6.79. The third-order valence-corrected chi connectivity index (χ3v) is 2.11. The molecule has 0 fully saturated rings. The van der Waals surface area contributed by atoms with E-state index in [4.69, 9.17) is 10.3 Å². The summed E-state index contributed by atoms with van der Waals surface area (Å²) in [6.45, 7) is 0.285. The predicted octanol–water partition coefficient (Wildman–Crippen LogP) is 2.44. The van der Waals surface area contributed by atoms with E-state index >= 15 is 0 Å². The lowest BCUT2D eigenvalue weighted by atomic mass is 10.1. The summed E-state index contributed by atoms with van der Waals surface area (Å²) in [4.78, 5) is 2.65. The molecule has 14 heavy (non-hydrogen) atoms. The summed E-state index contributed by atoms with van der Waals surface area (Å²) in [5.74, 6) is 0.418. The van der Waals surface area contributed by atoms with Crippen molar-refractivity contribution < 1.29 is 9.13 Å². The standard InChI is InChI=1S/C9H8FN3O/c10-7-1-2-9-6(3-7)4-8(14-9)5-12-13-11/h1-3,8H,4-5H2. The molecule has 0 saturated carbocycles. The van der Waals surface area contributed by atoms with Crippen molar-refractivity contribution in [2.45, 2.75) is 12.5 Å². The zero-order valence-corrected chi connectivity index (χ0v) is 7.35. The highest BCUT2D eigenvalue weighted by Gasteiger charge is 2.22. The Hall–Kier alpha value is -1.74. The Kier molecular flexibility index (Phi) is 2.24. The molecule has 1 atom stereocenters. The average molecular weight is 193 g/mol. The highest BCUT2D eigenvalue weighted by Crippen LogP contribution is 2.29. The van der Waals surface area contributed by atoms with Gasteiger partial charge in [0.1, 0.15) is 17.7 Å². The summed E-state index contributed by atoms with van der Waals surface area (Å²) in [6.07, 6.45) is 0.453. The maximum atomic E-state index is 12.8. The van der Waals surface area contributed by atoms with Gasteiger partial charge in [0.15, 0.2) is 0 Å². The van der Waals surface area contributed by atoms with Crippen LogP contribution in [0.2, 0.25) is 0 Å². The van der Waals surface area contributed by atoms with Gasteiger partial charge in [-0.3, -0.25) is 0 Å². The van der Waals surface area contributed by atoms with Crippen LogP contribution in [-0.4, -0.2) is 12.6 Å². The number of halogens is 1. The molecule has 0 N–H and O–H groups in total. The zero-order chi connectivity index (χ0) is 9.97. The Labute approximate surface area is 79.9 Å². The second kappa shape index (κ2) is 3.55. The molecule has 0 amide bonds. The molecule has 1 aliphatic rings. The summed E-state index contributed by atoms with van der Waals surface area (Å²) in [6, 6.07) is 4.40. The van der Waals surface area contributed by atoms with Crippen LogP contribution in [0.25, 0.3) is 10.4 Å².